The zero-order chi connectivity index (χ0) is 29.4. The number of carbonyl (C=O) groups excluding carboxylic acids is 1. The van der Waals surface area contributed by atoms with Crippen molar-refractivity contribution in [3.8, 4) is 11.4 Å². The first-order chi connectivity index (χ1) is 19.6. The van der Waals surface area contributed by atoms with Gasteiger partial charge in [0.2, 0.25) is 0 Å². The van der Waals surface area contributed by atoms with Crippen molar-refractivity contribution in [2.45, 2.75) is 60.6 Å². The van der Waals surface area contributed by atoms with Crippen LogP contribution in [0.1, 0.15) is 61.8 Å². The quantitative estimate of drug-likeness (QED) is 0.283. The van der Waals surface area contributed by atoms with Gasteiger partial charge in [0.05, 0.1) is 34.6 Å². The number of allylic oxidation sites excluding steroid dienone is 1. The second kappa shape index (κ2) is 11.4. The van der Waals surface area contributed by atoms with Gasteiger partial charge in [0.25, 0.3) is 5.56 Å². The van der Waals surface area contributed by atoms with Crippen LogP contribution in [0.2, 0.25) is 0 Å². The van der Waals surface area contributed by atoms with Crippen LogP contribution >= 0.6 is 11.3 Å². The molecule has 1 aliphatic heterocycles. The number of ether oxygens (including phenoxy) is 2. The van der Waals surface area contributed by atoms with Gasteiger partial charge in [0, 0.05) is 17.1 Å². The summed E-state index contributed by atoms with van der Waals surface area (Å²) >= 11 is 1.33. The summed E-state index contributed by atoms with van der Waals surface area (Å²) in [5.41, 5.74) is 6.83. The van der Waals surface area contributed by atoms with Crippen LogP contribution in [-0.2, 0) is 9.53 Å². The Morgan fingerprint density at radius 3 is 2.46 bits per heavy atom. The molecule has 0 saturated heterocycles. The molecule has 0 aliphatic carbocycles. The minimum Gasteiger partial charge on any atom is -0.494 e. The van der Waals surface area contributed by atoms with Crippen LogP contribution in [0.3, 0.4) is 0 Å². The number of fused-ring (bicyclic) bond motifs is 1. The zero-order valence-electron chi connectivity index (χ0n) is 24.5. The maximum atomic E-state index is 14.1. The summed E-state index contributed by atoms with van der Waals surface area (Å²) in [5, 5.41) is 0. The van der Waals surface area contributed by atoms with E-state index in [2.05, 4.69) is 49.6 Å². The molecule has 212 valence electrons. The van der Waals surface area contributed by atoms with Gasteiger partial charge in [-0.05, 0) is 102 Å². The normalized spacial score (nSPS) is 15.2. The standard InChI is InChI=1S/C33H35N3O4S/c1-8-39-27-14-12-24(13-15-27)30-29(32(38)40-19(2)3)22(6)34-33-36(30)31(37)28(41-33)18-25-17-21(5)35(23(25)7)26-11-9-10-20(4)16-26/h9-19,30H,8H2,1-7H3/b28-18-/t30-/m0/s1. The fourth-order valence-corrected chi connectivity index (χ4v) is 6.37. The molecule has 8 heteroatoms. The van der Waals surface area contributed by atoms with E-state index in [1.54, 1.807) is 11.5 Å². The minimum atomic E-state index is -0.671. The van der Waals surface area contributed by atoms with E-state index in [1.165, 1.54) is 16.9 Å². The second-order valence-electron chi connectivity index (χ2n) is 10.5. The van der Waals surface area contributed by atoms with Gasteiger partial charge in [0.1, 0.15) is 5.75 Å². The molecule has 0 spiro atoms. The Labute approximate surface area is 243 Å². The van der Waals surface area contributed by atoms with Crippen molar-refractivity contribution in [1.29, 1.82) is 0 Å². The summed E-state index contributed by atoms with van der Waals surface area (Å²) in [6, 6.07) is 17.3. The molecule has 7 nitrogen and oxygen atoms in total. The number of hydrogen-bond donors (Lipinski definition) is 0. The van der Waals surface area contributed by atoms with Crippen LogP contribution < -0.4 is 19.6 Å². The predicted octanol–water partition coefficient (Wildman–Crippen LogP) is 5.30. The van der Waals surface area contributed by atoms with E-state index in [1.807, 2.05) is 57.2 Å². The highest BCUT2D eigenvalue weighted by Gasteiger charge is 2.33. The highest BCUT2D eigenvalue weighted by atomic mass is 32.1. The summed E-state index contributed by atoms with van der Waals surface area (Å²) in [7, 11) is 0. The third kappa shape index (κ3) is 5.44. The van der Waals surface area contributed by atoms with Crippen molar-refractivity contribution in [1.82, 2.24) is 9.13 Å². The Balaban J connectivity index is 1.67. The third-order valence-corrected chi connectivity index (χ3v) is 8.09. The van der Waals surface area contributed by atoms with Gasteiger partial charge in [-0.1, -0.05) is 35.6 Å². The van der Waals surface area contributed by atoms with Crippen molar-refractivity contribution in [2.24, 2.45) is 4.99 Å². The van der Waals surface area contributed by atoms with E-state index in [0.717, 1.165) is 34.0 Å². The number of aromatic nitrogens is 2. The SMILES string of the molecule is CCOc1ccc([C@H]2C(C(=O)OC(C)C)=C(C)N=c3s/c(=C\c4cc(C)n(-c5cccc(C)c5)c4C)c(=O)n32)cc1. The molecule has 0 amide bonds. The second-order valence-corrected chi connectivity index (χ2v) is 11.5. The third-order valence-electron chi connectivity index (χ3n) is 7.11. The number of rotatable bonds is 7. The first-order valence-electron chi connectivity index (χ1n) is 13.8. The summed E-state index contributed by atoms with van der Waals surface area (Å²) in [6.45, 7) is 14.1. The van der Waals surface area contributed by atoms with Crippen LogP contribution in [0.25, 0.3) is 11.8 Å². The number of aryl methyl sites for hydroxylation is 2. The van der Waals surface area contributed by atoms with Gasteiger partial charge in [-0.25, -0.2) is 9.79 Å². The molecule has 0 N–H and O–H groups in total. The lowest BCUT2D eigenvalue weighted by atomic mass is 9.96. The van der Waals surface area contributed by atoms with E-state index in [4.69, 9.17) is 14.5 Å². The molecule has 5 rings (SSSR count). The molecule has 0 bridgehead atoms. The molecule has 1 atom stereocenters. The summed E-state index contributed by atoms with van der Waals surface area (Å²) in [4.78, 5) is 32.7. The topological polar surface area (TPSA) is 74.8 Å². The van der Waals surface area contributed by atoms with Gasteiger partial charge >= 0.3 is 5.97 Å². The minimum absolute atomic E-state index is 0.199. The lowest BCUT2D eigenvalue weighted by Gasteiger charge is -2.25. The predicted molar refractivity (Wildman–Crippen MR) is 163 cm³/mol. The van der Waals surface area contributed by atoms with E-state index >= 15 is 0 Å². The molecule has 0 radical (unpaired) electrons. The van der Waals surface area contributed by atoms with E-state index < -0.39 is 12.0 Å². The molecular formula is C33H35N3O4S. The zero-order valence-corrected chi connectivity index (χ0v) is 25.3. The Morgan fingerprint density at radius 1 is 1.07 bits per heavy atom. The smallest absolute Gasteiger partial charge is 0.338 e. The number of hydrogen-bond acceptors (Lipinski definition) is 6. The van der Waals surface area contributed by atoms with Crippen LogP contribution in [0.15, 0.2) is 75.7 Å². The van der Waals surface area contributed by atoms with Crippen molar-refractivity contribution in [2.75, 3.05) is 6.61 Å². The Kier molecular flexibility index (Phi) is 7.87. The average molecular weight is 570 g/mol. The van der Waals surface area contributed by atoms with Crippen molar-refractivity contribution in [3.63, 3.8) is 0 Å². The van der Waals surface area contributed by atoms with Gasteiger partial charge in [0.15, 0.2) is 4.80 Å². The molecule has 1 aliphatic rings. The maximum absolute atomic E-state index is 14.1. The molecule has 0 unspecified atom stereocenters. The summed E-state index contributed by atoms with van der Waals surface area (Å²) in [6.07, 6.45) is 1.62. The van der Waals surface area contributed by atoms with Crippen LogP contribution in [0, 0.1) is 20.8 Å². The van der Waals surface area contributed by atoms with Gasteiger partial charge in [-0.2, -0.15) is 0 Å². The van der Waals surface area contributed by atoms with E-state index in [9.17, 15) is 9.59 Å². The van der Waals surface area contributed by atoms with Crippen molar-refractivity contribution in [3.05, 3.63) is 114 Å². The first kappa shape index (κ1) is 28.4. The lowest BCUT2D eigenvalue weighted by Crippen LogP contribution is -2.40. The molecule has 3 heterocycles. The van der Waals surface area contributed by atoms with Crippen LogP contribution in [0.5, 0.6) is 5.75 Å². The number of thiazole rings is 1. The number of carbonyl (C=O) groups is 1. The highest BCUT2D eigenvalue weighted by Crippen LogP contribution is 2.32. The molecule has 0 fully saturated rings. The van der Waals surface area contributed by atoms with Crippen LogP contribution in [-0.4, -0.2) is 27.8 Å². The average Bonchev–Trinajstić information content (AvgIpc) is 3.37. The molecule has 0 saturated carbocycles. The largest absolute Gasteiger partial charge is 0.494 e. The molecule has 2 aromatic heterocycles. The Morgan fingerprint density at radius 2 is 1.80 bits per heavy atom. The fourth-order valence-electron chi connectivity index (χ4n) is 5.33. The number of benzene rings is 2. The summed E-state index contributed by atoms with van der Waals surface area (Å²) in [5.74, 6) is 0.246. The molecule has 2 aromatic carbocycles. The summed E-state index contributed by atoms with van der Waals surface area (Å²) < 4.78 is 15.6. The lowest BCUT2D eigenvalue weighted by molar-refractivity contribution is -0.143. The van der Waals surface area contributed by atoms with Crippen molar-refractivity contribution < 1.29 is 14.3 Å². The molecule has 41 heavy (non-hydrogen) atoms. The van der Waals surface area contributed by atoms with Crippen molar-refractivity contribution >= 4 is 23.4 Å². The van der Waals surface area contributed by atoms with E-state index in [-0.39, 0.29) is 11.7 Å². The molecular weight excluding hydrogens is 534 g/mol. The molecule has 4 aromatic rings. The number of esters is 1. The van der Waals surface area contributed by atoms with Gasteiger partial charge in [-0.3, -0.25) is 9.36 Å². The van der Waals surface area contributed by atoms with Crippen LogP contribution in [0.4, 0.5) is 0 Å². The monoisotopic (exact) mass is 569 g/mol. The maximum Gasteiger partial charge on any atom is 0.338 e. The van der Waals surface area contributed by atoms with Gasteiger partial charge in [-0.15, -0.1) is 0 Å². The first-order valence-corrected chi connectivity index (χ1v) is 14.6. The van der Waals surface area contributed by atoms with Gasteiger partial charge < -0.3 is 14.0 Å². The highest BCUT2D eigenvalue weighted by molar-refractivity contribution is 7.07. The Hall–Kier alpha value is -4.17. The van der Waals surface area contributed by atoms with E-state index in [0.29, 0.717) is 27.2 Å². The Bertz CT molecular complexity index is 1840. The fraction of sp³-hybridized carbons (Fsp3) is 0.303. The number of nitrogens with zero attached hydrogens (tertiary/aromatic N) is 3.